The molecule has 6 heteroatoms. The van der Waals surface area contributed by atoms with Crippen LogP contribution in [0.3, 0.4) is 0 Å². The van der Waals surface area contributed by atoms with Crippen molar-refractivity contribution in [1.29, 1.82) is 0 Å². The molecule has 2 N–H and O–H groups in total. The molecule has 1 aliphatic carbocycles. The number of benzene rings is 1. The van der Waals surface area contributed by atoms with Crippen molar-refractivity contribution in [3.05, 3.63) is 29.3 Å². The van der Waals surface area contributed by atoms with Gasteiger partial charge in [-0.3, -0.25) is 0 Å². The lowest BCUT2D eigenvalue weighted by Gasteiger charge is -2.15. The molecule has 0 heterocycles. The van der Waals surface area contributed by atoms with E-state index in [0.717, 1.165) is 13.2 Å². The number of nitrogens with two attached hydrogens (primary N) is 1. The number of methoxy groups -OCH3 is 1. The van der Waals surface area contributed by atoms with Crippen LogP contribution in [0.15, 0.2) is 12.1 Å². The van der Waals surface area contributed by atoms with E-state index >= 15 is 0 Å². The Balaban J connectivity index is 2.57. The van der Waals surface area contributed by atoms with Crippen molar-refractivity contribution in [1.82, 2.24) is 0 Å². The second-order valence-corrected chi connectivity index (χ2v) is 3.82. The molecule has 0 aliphatic heterocycles. The highest BCUT2D eigenvalue weighted by Gasteiger charge is 2.71. The van der Waals surface area contributed by atoms with Crippen molar-refractivity contribution in [2.45, 2.75) is 17.9 Å². The Kier molecular flexibility index (Phi) is 2.17. The molecule has 2 nitrogen and oxygen atoms in total. The van der Waals surface area contributed by atoms with E-state index in [1.807, 2.05) is 0 Å². The molecule has 1 saturated carbocycles. The predicted octanol–water partition coefficient (Wildman–Crippen LogP) is 2.17. The Labute approximate surface area is 89.0 Å². The highest BCUT2D eigenvalue weighted by molar-refractivity contribution is 5.47. The van der Waals surface area contributed by atoms with E-state index in [0.29, 0.717) is 6.07 Å². The summed E-state index contributed by atoms with van der Waals surface area (Å²) >= 11 is 0. The summed E-state index contributed by atoms with van der Waals surface area (Å²) in [5.41, 5.74) is 3.03. The third-order valence-electron chi connectivity index (χ3n) is 2.72. The zero-order valence-electron chi connectivity index (χ0n) is 8.36. The van der Waals surface area contributed by atoms with Crippen molar-refractivity contribution in [3.63, 3.8) is 0 Å². The van der Waals surface area contributed by atoms with Crippen LogP contribution in [0.1, 0.15) is 12.0 Å². The number of alkyl halides is 2. The first-order valence-corrected chi connectivity index (χ1v) is 4.52. The summed E-state index contributed by atoms with van der Waals surface area (Å²) in [6.07, 6.45) is -0.640. The Hall–Kier alpha value is -1.30. The molecule has 0 bridgehead atoms. The van der Waals surface area contributed by atoms with E-state index in [1.54, 1.807) is 0 Å². The molecule has 1 aliphatic rings. The van der Waals surface area contributed by atoms with Crippen LogP contribution in [0.25, 0.3) is 0 Å². The van der Waals surface area contributed by atoms with E-state index in [9.17, 15) is 17.6 Å². The van der Waals surface area contributed by atoms with Gasteiger partial charge < -0.3 is 10.5 Å². The molecule has 0 radical (unpaired) electrons. The van der Waals surface area contributed by atoms with Gasteiger partial charge in [-0.1, -0.05) is 0 Å². The first kappa shape index (κ1) is 11.2. The normalized spacial score (nSPS) is 26.6. The molecule has 1 fully saturated rings. The van der Waals surface area contributed by atoms with E-state index in [2.05, 4.69) is 4.74 Å². The van der Waals surface area contributed by atoms with Crippen LogP contribution in [-0.2, 0) is 5.54 Å². The van der Waals surface area contributed by atoms with Gasteiger partial charge in [0, 0.05) is 18.1 Å². The van der Waals surface area contributed by atoms with Crippen molar-refractivity contribution in [2.75, 3.05) is 7.11 Å². The predicted molar refractivity (Wildman–Crippen MR) is 48.3 cm³/mol. The summed E-state index contributed by atoms with van der Waals surface area (Å²) in [5, 5.41) is 0. The number of rotatable bonds is 2. The molecule has 0 saturated heterocycles. The van der Waals surface area contributed by atoms with Gasteiger partial charge in [0.15, 0.2) is 11.6 Å². The zero-order valence-corrected chi connectivity index (χ0v) is 8.36. The molecule has 0 aromatic heterocycles. The summed E-state index contributed by atoms with van der Waals surface area (Å²) in [6.45, 7) is 0. The van der Waals surface area contributed by atoms with Gasteiger partial charge in [-0.25, -0.2) is 17.6 Å². The van der Waals surface area contributed by atoms with Gasteiger partial charge in [0.1, 0.15) is 11.4 Å². The second-order valence-electron chi connectivity index (χ2n) is 3.82. The summed E-state index contributed by atoms with van der Waals surface area (Å²) in [4.78, 5) is 0. The molecule has 1 unspecified atom stereocenters. The highest BCUT2D eigenvalue weighted by atomic mass is 19.3. The van der Waals surface area contributed by atoms with Crippen molar-refractivity contribution in [2.24, 2.45) is 5.73 Å². The van der Waals surface area contributed by atoms with E-state index in [1.165, 1.54) is 0 Å². The van der Waals surface area contributed by atoms with Gasteiger partial charge in [0.2, 0.25) is 0 Å². The monoisotopic (exact) mass is 235 g/mol. The third kappa shape index (κ3) is 1.36. The smallest absolute Gasteiger partial charge is 0.272 e. The number of ether oxygens (including phenoxy) is 1. The standard InChI is InChI=1S/C10H9F4NO/c1-16-8-6(2-5(11)3-7(8)12)9(15)4-10(9,13)14/h2-3H,4,15H2,1H3. The topological polar surface area (TPSA) is 35.2 Å². The number of halogens is 4. The SMILES string of the molecule is COc1c(F)cc(F)cc1C1(N)CC1(F)F. The fraction of sp³-hybridized carbons (Fsp3) is 0.400. The molecule has 16 heavy (non-hydrogen) atoms. The first-order chi connectivity index (χ1) is 7.32. The Bertz CT molecular complexity index is 449. The molecule has 1 aromatic carbocycles. The van der Waals surface area contributed by atoms with Gasteiger partial charge in [0.25, 0.3) is 5.92 Å². The second kappa shape index (κ2) is 3.10. The minimum absolute atomic E-state index is 0.336. The van der Waals surface area contributed by atoms with Crippen LogP contribution in [0.5, 0.6) is 5.75 Å². The molecular formula is C10H9F4NO. The minimum Gasteiger partial charge on any atom is -0.493 e. The lowest BCUT2D eigenvalue weighted by molar-refractivity contribution is 0.0882. The summed E-state index contributed by atoms with van der Waals surface area (Å²) < 4.78 is 56.9. The Morgan fingerprint density at radius 3 is 2.31 bits per heavy atom. The van der Waals surface area contributed by atoms with Crippen LogP contribution < -0.4 is 10.5 Å². The summed E-state index contributed by atoms with van der Waals surface area (Å²) in [7, 11) is 1.11. The molecule has 1 atom stereocenters. The summed E-state index contributed by atoms with van der Waals surface area (Å²) in [5.74, 6) is -5.58. The van der Waals surface area contributed by atoms with Gasteiger partial charge in [0.05, 0.1) is 7.11 Å². The average Bonchev–Trinajstić information content (AvgIpc) is 2.66. The van der Waals surface area contributed by atoms with E-state index < -0.39 is 35.3 Å². The van der Waals surface area contributed by atoms with Crippen LogP contribution in [0.4, 0.5) is 17.6 Å². The molecule has 2 rings (SSSR count). The fourth-order valence-corrected chi connectivity index (χ4v) is 1.70. The highest BCUT2D eigenvalue weighted by Crippen LogP contribution is 2.59. The molecule has 1 aromatic rings. The minimum atomic E-state index is -3.15. The lowest BCUT2D eigenvalue weighted by atomic mass is 10.0. The third-order valence-corrected chi connectivity index (χ3v) is 2.72. The number of hydrogen-bond donors (Lipinski definition) is 1. The maximum Gasteiger partial charge on any atom is 0.272 e. The van der Waals surface area contributed by atoms with Crippen molar-refractivity contribution < 1.29 is 22.3 Å². The zero-order chi connectivity index (χ0) is 12.1. The van der Waals surface area contributed by atoms with Gasteiger partial charge in [-0.05, 0) is 6.07 Å². The van der Waals surface area contributed by atoms with Crippen molar-refractivity contribution in [3.8, 4) is 5.75 Å². The molecular weight excluding hydrogens is 226 g/mol. The maximum atomic E-state index is 13.3. The number of hydrogen-bond acceptors (Lipinski definition) is 2. The molecule has 0 spiro atoms. The van der Waals surface area contributed by atoms with E-state index in [-0.39, 0.29) is 5.56 Å². The molecule has 88 valence electrons. The average molecular weight is 235 g/mol. The quantitative estimate of drug-likeness (QED) is 0.797. The molecule has 0 amide bonds. The lowest BCUT2D eigenvalue weighted by Crippen LogP contribution is -2.28. The van der Waals surface area contributed by atoms with Crippen LogP contribution >= 0.6 is 0 Å². The van der Waals surface area contributed by atoms with Crippen LogP contribution in [0, 0.1) is 11.6 Å². The Morgan fingerprint density at radius 1 is 1.31 bits per heavy atom. The fourth-order valence-electron chi connectivity index (χ4n) is 1.70. The largest absolute Gasteiger partial charge is 0.493 e. The van der Waals surface area contributed by atoms with Crippen molar-refractivity contribution >= 4 is 0 Å². The first-order valence-electron chi connectivity index (χ1n) is 4.52. The van der Waals surface area contributed by atoms with Crippen LogP contribution in [0.2, 0.25) is 0 Å². The van der Waals surface area contributed by atoms with E-state index in [4.69, 9.17) is 5.73 Å². The van der Waals surface area contributed by atoms with Crippen LogP contribution in [-0.4, -0.2) is 13.0 Å². The maximum absolute atomic E-state index is 13.3. The Morgan fingerprint density at radius 2 is 1.88 bits per heavy atom. The van der Waals surface area contributed by atoms with Gasteiger partial charge >= 0.3 is 0 Å². The van der Waals surface area contributed by atoms with Gasteiger partial charge in [-0.2, -0.15) is 0 Å². The summed E-state index contributed by atoms with van der Waals surface area (Å²) in [6, 6.07) is 1.34. The van der Waals surface area contributed by atoms with Gasteiger partial charge in [-0.15, -0.1) is 0 Å².